The zero-order chi connectivity index (χ0) is 19.4. The van der Waals surface area contributed by atoms with Crippen molar-refractivity contribution in [1.82, 2.24) is 4.90 Å². The number of thiophene rings is 1. The van der Waals surface area contributed by atoms with E-state index < -0.39 is 4.92 Å². The van der Waals surface area contributed by atoms with E-state index in [1.807, 2.05) is 31.2 Å². The number of amides is 1. The Morgan fingerprint density at radius 3 is 2.56 bits per heavy atom. The van der Waals surface area contributed by atoms with Crippen LogP contribution in [0.15, 0.2) is 30.3 Å². The second kappa shape index (κ2) is 8.39. The number of nitro groups is 1. The number of aryl methyl sites for hydroxylation is 1. The van der Waals surface area contributed by atoms with Crippen molar-refractivity contribution >= 4 is 22.9 Å². The van der Waals surface area contributed by atoms with Gasteiger partial charge in [-0.2, -0.15) is 0 Å². The van der Waals surface area contributed by atoms with E-state index in [4.69, 9.17) is 9.47 Å². The summed E-state index contributed by atoms with van der Waals surface area (Å²) < 4.78 is 11.7. The van der Waals surface area contributed by atoms with Gasteiger partial charge in [0.15, 0.2) is 11.5 Å². The first kappa shape index (κ1) is 19.2. The quantitative estimate of drug-likeness (QED) is 0.549. The zero-order valence-electron chi connectivity index (χ0n) is 15.3. The molecule has 8 heteroatoms. The van der Waals surface area contributed by atoms with E-state index in [1.54, 1.807) is 11.8 Å². The molecule has 1 saturated heterocycles. The van der Waals surface area contributed by atoms with Crippen LogP contribution in [0, 0.1) is 17.0 Å². The lowest BCUT2D eigenvalue weighted by atomic mass is 10.1. The third kappa shape index (κ3) is 4.39. The Kier molecular flexibility index (Phi) is 5.95. The summed E-state index contributed by atoms with van der Waals surface area (Å²) in [6, 6.07) is 8.95. The molecule has 0 aliphatic carbocycles. The van der Waals surface area contributed by atoms with Crippen molar-refractivity contribution in [2.24, 2.45) is 0 Å². The Labute approximate surface area is 161 Å². The Morgan fingerprint density at radius 1 is 1.30 bits per heavy atom. The predicted octanol–water partition coefficient (Wildman–Crippen LogP) is 4.05. The van der Waals surface area contributed by atoms with Crippen molar-refractivity contribution in [2.45, 2.75) is 32.8 Å². The number of benzene rings is 1. The topological polar surface area (TPSA) is 81.9 Å². The zero-order valence-corrected chi connectivity index (χ0v) is 16.2. The predicted molar refractivity (Wildman–Crippen MR) is 103 cm³/mol. The van der Waals surface area contributed by atoms with E-state index in [2.05, 4.69) is 0 Å². The van der Waals surface area contributed by atoms with Crippen molar-refractivity contribution < 1.29 is 19.2 Å². The van der Waals surface area contributed by atoms with Gasteiger partial charge >= 0.3 is 0 Å². The van der Waals surface area contributed by atoms with E-state index in [9.17, 15) is 14.9 Å². The molecule has 0 radical (unpaired) electrons. The van der Waals surface area contributed by atoms with Crippen LogP contribution in [-0.4, -0.2) is 41.5 Å². The van der Waals surface area contributed by atoms with Crippen LogP contribution >= 0.6 is 11.3 Å². The number of rotatable bonds is 6. The van der Waals surface area contributed by atoms with Crippen LogP contribution < -0.4 is 9.47 Å². The lowest BCUT2D eigenvalue weighted by Crippen LogP contribution is -2.41. The maximum atomic E-state index is 12.6. The van der Waals surface area contributed by atoms with Crippen molar-refractivity contribution in [2.75, 3.05) is 19.7 Å². The minimum absolute atomic E-state index is 0.00843. The maximum Gasteiger partial charge on any atom is 0.283 e. The number of ether oxygens (including phenoxy) is 2. The van der Waals surface area contributed by atoms with Crippen LogP contribution in [0.25, 0.3) is 0 Å². The average molecular weight is 390 g/mol. The van der Waals surface area contributed by atoms with Crippen molar-refractivity contribution in [3.8, 4) is 11.5 Å². The highest BCUT2D eigenvalue weighted by molar-refractivity contribution is 7.14. The Balaban J connectivity index is 1.60. The largest absolute Gasteiger partial charge is 0.490 e. The fraction of sp³-hybridized carbons (Fsp3) is 0.421. The fourth-order valence-electron chi connectivity index (χ4n) is 3.09. The smallest absolute Gasteiger partial charge is 0.283 e. The van der Waals surface area contributed by atoms with Crippen molar-refractivity contribution in [3.63, 3.8) is 0 Å². The molecule has 1 aliphatic heterocycles. The molecule has 1 fully saturated rings. The molecule has 0 spiro atoms. The van der Waals surface area contributed by atoms with Gasteiger partial charge in [-0.15, -0.1) is 11.3 Å². The van der Waals surface area contributed by atoms with Gasteiger partial charge in [0.05, 0.1) is 21.3 Å². The molecular formula is C19H22N2O5S. The third-order valence-corrected chi connectivity index (χ3v) is 5.50. The summed E-state index contributed by atoms with van der Waals surface area (Å²) in [5.74, 6) is 1.29. The van der Waals surface area contributed by atoms with Crippen molar-refractivity contribution in [3.05, 3.63) is 50.2 Å². The highest BCUT2D eigenvalue weighted by atomic mass is 32.1. The summed E-state index contributed by atoms with van der Waals surface area (Å²) in [4.78, 5) is 25.9. The third-order valence-electron chi connectivity index (χ3n) is 4.47. The second-order valence-corrected chi connectivity index (χ2v) is 7.55. The molecule has 2 heterocycles. The fourth-order valence-corrected chi connectivity index (χ4v) is 4.05. The van der Waals surface area contributed by atoms with E-state index in [-0.39, 0.29) is 17.7 Å². The average Bonchev–Trinajstić information content (AvgIpc) is 3.06. The van der Waals surface area contributed by atoms with Crippen LogP contribution in [0.2, 0.25) is 0 Å². The van der Waals surface area contributed by atoms with E-state index >= 15 is 0 Å². The first-order valence-corrected chi connectivity index (χ1v) is 9.73. The molecule has 7 nitrogen and oxygen atoms in total. The number of piperidine rings is 1. The monoisotopic (exact) mass is 390 g/mol. The normalized spacial score (nSPS) is 14.8. The van der Waals surface area contributed by atoms with Crippen LogP contribution in [0.4, 0.5) is 5.69 Å². The van der Waals surface area contributed by atoms with Gasteiger partial charge in [-0.1, -0.05) is 12.1 Å². The summed E-state index contributed by atoms with van der Waals surface area (Å²) in [6.07, 6.45) is 1.42. The number of carbonyl (C=O) groups is 1. The molecule has 0 atom stereocenters. The molecule has 0 unspecified atom stereocenters. The summed E-state index contributed by atoms with van der Waals surface area (Å²) in [6.45, 7) is 5.28. The molecule has 1 aromatic heterocycles. The lowest BCUT2D eigenvalue weighted by Gasteiger charge is -2.32. The molecule has 1 aliphatic rings. The molecule has 1 amide bonds. The number of para-hydroxylation sites is 2. The first-order chi connectivity index (χ1) is 13.0. The van der Waals surface area contributed by atoms with E-state index in [1.165, 1.54) is 17.4 Å². The number of hydrogen-bond donors (Lipinski definition) is 0. The Bertz CT molecular complexity index is 827. The molecule has 2 aromatic rings. The molecule has 0 N–H and O–H groups in total. The summed E-state index contributed by atoms with van der Waals surface area (Å²) in [5.41, 5.74) is 0.00843. The Morgan fingerprint density at radius 2 is 1.96 bits per heavy atom. The molecule has 27 heavy (non-hydrogen) atoms. The highest BCUT2D eigenvalue weighted by Crippen LogP contribution is 2.31. The van der Waals surface area contributed by atoms with Crippen LogP contribution in [0.3, 0.4) is 0 Å². The highest BCUT2D eigenvalue weighted by Gasteiger charge is 2.28. The van der Waals surface area contributed by atoms with Gasteiger partial charge in [0.25, 0.3) is 11.6 Å². The summed E-state index contributed by atoms with van der Waals surface area (Å²) >= 11 is 1.17. The van der Waals surface area contributed by atoms with Gasteiger partial charge in [0.1, 0.15) is 6.10 Å². The van der Waals surface area contributed by atoms with Crippen LogP contribution in [0.5, 0.6) is 11.5 Å². The number of hydrogen-bond acceptors (Lipinski definition) is 6. The Hall–Kier alpha value is -2.61. The lowest BCUT2D eigenvalue weighted by molar-refractivity contribution is -0.385. The van der Waals surface area contributed by atoms with Gasteiger partial charge < -0.3 is 14.4 Å². The van der Waals surface area contributed by atoms with Gasteiger partial charge in [-0.05, 0) is 26.0 Å². The molecular weight excluding hydrogens is 368 g/mol. The van der Waals surface area contributed by atoms with Crippen molar-refractivity contribution in [1.29, 1.82) is 0 Å². The van der Waals surface area contributed by atoms with Crippen LogP contribution in [0.1, 0.15) is 34.3 Å². The molecule has 0 saturated carbocycles. The summed E-state index contributed by atoms with van der Waals surface area (Å²) in [7, 11) is 0. The number of likely N-dealkylation sites (tertiary alicyclic amines) is 1. The van der Waals surface area contributed by atoms with Crippen LogP contribution in [-0.2, 0) is 0 Å². The first-order valence-electron chi connectivity index (χ1n) is 8.92. The molecule has 3 rings (SSSR count). The van der Waals surface area contributed by atoms with E-state index in [0.717, 1.165) is 5.75 Å². The number of nitrogens with zero attached hydrogens (tertiary/aromatic N) is 2. The van der Waals surface area contributed by atoms with Gasteiger partial charge in [0.2, 0.25) is 0 Å². The number of carbonyl (C=O) groups excluding carboxylic acids is 1. The van der Waals surface area contributed by atoms with Gasteiger partial charge in [-0.25, -0.2) is 0 Å². The van der Waals surface area contributed by atoms with Gasteiger partial charge in [-0.3, -0.25) is 14.9 Å². The standard InChI is InChI=1S/C19H22N2O5S/c1-3-25-16-6-4-5-7-17(16)26-14-8-10-20(11-9-14)19(22)18-12-15(21(23)24)13(2)27-18/h4-7,12,14H,3,8-11H2,1-2H3. The summed E-state index contributed by atoms with van der Waals surface area (Å²) in [5, 5.41) is 11.0. The minimum atomic E-state index is -0.446. The SMILES string of the molecule is CCOc1ccccc1OC1CCN(C(=O)c2cc([N+](=O)[O-])c(C)s2)CC1. The van der Waals surface area contributed by atoms with E-state index in [0.29, 0.717) is 48.0 Å². The molecule has 144 valence electrons. The molecule has 0 bridgehead atoms. The maximum absolute atomic E-state index is 12.6. The minimum Gasteiger partial charge on any atom is -0.490 e. The van der Waals surface area contributed by atoms with Gasteiger partial charge in [0, 0.05) is 32.0 Å². The molecule has 1 aromatic carbocycles. The second-order valence-electron chi connectivity index (χ2n) is 6.30.